The van der Waals surface area contributed by atoms with Gasteiger partial charge in [-0.2, -0.15) is 13.8 Å². The van der Waals surface area contributed by atoms with Gasteiger partial charge in [-0.3, -0.25) is 0 Å². The highest BCUT2D eigenvalue weighted by atomic mass is 35.5. The van der Waals surface area contributed by atoms with Crippen LogP contribution in [0.1, 0.15) is 18.4 Å². The van der Waals surface area contributed by atoms with Crippen molar-refractivity contribution >= 4 is 17.7 Å². The molecule has 1 saturated carbocycles. The fourth-order valence-corrected chi connectivity index (χ4v) is 1.88. The number of aliphatic imine (C=N–C) groups is 1. The van der Waals surface area contributed by atoms with E-state index in [1.54, 1.807) is 6.07 Å². The Balaban J connectivity index is 2.28. The molecule has 1 aliphatic rings. The molecule has 1 aromatic rings. The molecule has 90 valence electrons. The molecule has 6 heteroatoms. The normalized spacial score (nSPS) is 16.5. The summed E-state index contributed by atoms with van der Waals surface area (Å²) in [5.41, 5.74) is 0.154. The molecule has 17 heavy (non-hydrogen) atoms. The molecule has 1 fully saturated rings. The van der Waals surface area contributed by atoms with Crippen molar-refractivity contribution in [2.45, 2.75) is 25.0 Å². The molecule has 0 N–H and O–H groups in total. The molecule has 0 aromatic heterocycles. The van der Waals surface area contributed by atoms with E-state index in [4.69, 9.17) is 11.6 Å². The summed E-state index contributed by atoms with van der Waals surface area (Å²) >= 11 is 5.81. The molecule has 0 spiro atoms. The summed E-state index contributed by atoms with van der Waals surface area (Å²) in [4.78, 5) is 14.0. The van der Waals surface area contributed by atoms with E-state index in [9.17, 15) is 13.6 Å². The zero-order chi connectivity index (χ0) is 12.5. The number of ether oxygens (including phenoxy) is 1. The highest BCUT2D eigenvalue weighted by Gasteiger charge is 2.45. The second kappa shape index (κ2) is 4.43. The fourth-order valence-electron chi connectivity index (χ4n) is 1.65. The van der Waals surface area contributed by atoms with Gasteiger partial charge in [0.05, 0.1) is 10.6 Å². The average molecular weight is 260 g/mol. The van der Waals surface area contributed by atoms with Crippen molar-refractivity contribution in [3.8, 4) is 5.75 Å². The Bertz CT molecular complexity index is 482. The van der Waals surface area contributed by atoms with Gasteiger partial charge >= 0.3 is 6.61 Å². The van der Waals surface area contributed by atoms with Gasteiger partial charge in [0.25, 0.3) is 0 Å². The summed E-state index contributed by atoms with van der Waals surface area (Å²) in [5.74, 6) is -0.0868. The highest BCUT2D eigenvalue weighted by Crippen LogP contribution is 2.50. The third-order valence-electron chi connectivity index (χ3n) is 2.67. The van der Waals surface area contributed by atoms with Crippen molar-refractivity contribution in [1.29, 1.82) is 0 Å². The van der Waals surface area contributed by atoms with Crippen molar-refractivity contribution in [3.63, 3.8) is 0 Å². The minimum Gasteiger partial charge on any atom is -0.433 e. The Morgan fingerprint density at radius 3 is 2.65 bits per heavy atom. The van der Waals surface area contributed by atoms with E-state index in [-0.39, 0.29) is 10.8 Å². The van der Waals surface area contributed by atoms with Gasteiger partial charge in [-0.1, -0.05) is 17.7 Å². The first-order valence-corrected chi connectivity index (χ1v) is 5.29. The van der Waals surface area contributed by atoms with Crippen LogP contribution in [0.4, 0.5) is 8.78 Å². The summed E-state index contributed by atoms with van der Waals surface area (Å²) in [7, 11) is 0. The first-order chi connectivity index (χ1) is 8.07. The minimum atomic E-state index is -2.92. The van der Waals surface area contributed by atoms with E-state index in [1.165, 1.54) is 18.2 Å². The molecule has 0 atom stereocenters. The van der Waals surface area contributed by atoms with Gasteiger partial charge in [0.1, 0.15) is 5.75 Å². The lowest BCUT2D eigenvalue weighted by Gasteiger charge is -2.11. The van der Waals surface area contributed by atoms with E-state index in [0.717, 1.165) is 12.8 Å². The zero-order valence-electron chi connectivity index (χ0n) is 8.62. The zero-order valence-corrected chi connectivity index (χ0v) is 9.38. The van der Waals surface area contributed by atoms with Crippen molar-refractivity contribution < 1.29 is 18.3 Å². The van der Waals surface area contributed by atoms with Gasteiger partial charge in [0.2, 0.25) is 6.08 Å². The molecule has 1 aliphatic carbocycles. The Kier molecular flexibility index (Phi) is 3.13. The molecule has 0 bridgehead atoms. The largest absolute Gasteiger partial charge is 0.433 e. The standard InChI is InChI=1S/C11H8ClF2NO2/c12-8-5-7(11(3-4-11)15-6-16)1-2-9(8)17-10(13)14/h1-2,5,10H,3-4H2. The lowest BCUT2D eigenvalue weighted by atomic mass is 10.1. The molecule has 0 radical (unpaired) electrons. The SMILES string of the molecule is O=C=NC1(c2ccc(OC(F)F)c(Cl)c2)CC1. The Morgan fingerprint density at radius 2 is 2.18 bits per heavy atom. The van der Waals surface area contributed by atoms with Crippen molar-refractivity contribution in [1.82, 2.24) is 0 Å². The van der Waals surface area contributed by atoms with Crippen LogP contribution in [0, 0.1) is 0 Å². The summed E-state index contributed by atoms with van der Waals surface area (Å²) < 4.78 is 28.3. The van der Waals surface area contributed by atoms with Crippen molar-refractivity contribution in [2.75, 3.05) is 0 Å². The number of alkyl halides is 2. The van der Waals surface area contributed by atoms with Crippen LogP contribution in [0.15, 0.2) is 23.2 Å². The maximum atomic E-state index is 12.0. The smallest absolute Gasteiger partial charge is 0.387 e. The van der Waals surface area contributed by atoms with Gasteiger partial charge < -0.3 is 4.74 Å². The first-order valence-electron chi connectivity index (χ1n) is 4.91. The molecule has 3 nitrogen and oxygen atoms in total. The Hall–Kier alpha value is -1.45. The summed E-state index contributed by atoms with van der Waals surface area (Å²) in [6, 6.07) is 4.43. The van der Waals surface area contributed by atoms with E-state index in [1.807, 2.05) is 0 Å². The van der Waals surface area contributed by atoms with Gasteiger partial charge in [0, 0.05) is 0 Å². The van der Waals surface area contributed by atoms with Crippen LogP contribution in [0.25, 0.3) is 0 Å². The first kappa shape index (κ1) is 12.0. The molecule has 1 aromatic carbocycles. The average Bonchev–Trinajstić information content (AvgIpc) is 3.02. The van der Waals surface area contributed by atoms with Crippen LogP contribution in [0.5, 0.6) is 5.75 Å². The molecule has 2 rings (SSSR count). The predicted octanol–water partition coefficient (Wildman–Crippen LogP) is 3.27. The van der Waals surface area contributed by atoms with Gasteiger partial charge in [-0.05, 0) is 30.5 Å². The van der Waals surface area contributed by atoms with Crippen LogP contribution in [-0.4, -0.2) is 12.7 Å². The summed E-state index contributed by atoms with van der Waals surface area (Å²) in [5, 5.41) is 0.0789. The van der Waals surface area contributed by atoms with E-state index < -0.39 is 12.2 Å². The van der Waals surface area contributed by atoms with Crippen LogP contribution >= 0.6 is 11.6 Å². The Morgan fingerprint density at radius 1 is 1.47 bits per heavy atom. The summed E-state index contributed by atoms with van der Waals surface area (Å²) in [6.45, 7) is -2.92. The fraction of sp³-hybridized carbons (Fsp3) is 0.364. The minimum absolute atomic E-state index is 0.0789. The third-order valence-corrected chi connectivity index (χ3v) is 2.96. The van der Waals surface area contributed by atoms with E-state index in [0.29, 0.717) is 5.56 Å². The lowest BCUT2D eigenvalue weighted by molar-refractivity contribution is -0.0497. The topological polar surface area (TPSA) is 38.7 Å². The van der Waals surface area contributed by atoms with Gasteiger partial charge in [-0.15, -0.1) is 0 Å². The quantitative estimate of drug-likeness (QED) is 0.615. The molecular weight excluding hydrogens is 252 g/mol. The molecule has 0 amide bonds. The molecule has 0 aliphatic heterocycles. The second-order valence-electron chi connectivity index (χ2n) is 3.76. The monoisotopic (exact) mass is 259 g/mol. The number of halogens is 3. The maximum Gasteiger partial charge on any atom is 0.387 e. The highest BCUT2D eigenvalue weighted by molar-refractivity contribution is 6.32. The number of rotatable bonds is 4. The number of hydrogen-bond acceptors (Lipinski definition) is 3. The lowest BCUT2D eigenvalue weighted by Crippen LogP contribution is -2.05. The van der Waals surface area contributed by atoms with Gasteiger partial charge in [-0.25, -0.2) is 4.79 Å². The number of benzene rings is 1. The second-order valence-corrected chi connectivity index (χ2v) is 4.17. The number of isocyanates is 1. The van der Waals surface area contributed by atoms with Crippen LogP contribution in [0.2, 0.25) is 5.02 Å². The summed E-state index contributed by atoms with van der Waals surface area (Å²) in [6.07, 6.45) is 2.98. The van der Waals surface area contributed by atoms with Gasteiger partial charge in [0.15, 0.2) is 0 Å². The van der Waals surface area contributed by atoms with Crippen LogP contribution < -0.4 is 4.74 Å². The molecule has 0 saturated heterocycles. The predicted molar refractivity (Wildman–Crippen MR) is 57.1 cm³/mol. The van der Waals surface area contributed by atoms with Crippen molar-refractivity contribution in [2.24, 2.45) is 4.99 Å². The van der Waals surface area contributed by atoms with E-state index >= 15 is 0 Å². The Labute approximate surface area is 101 Å². The van der Waals surface area contributed by atoms with Crippen molar-refractivity contribution in [3.05, 3.63) is 28.8 Å². The van der Waals surface area contributed by atoms with Crippen LogP contribution in [-0.2, 0) is 10.3 Å². The number of nitrogens with zero attached hydrogens (tertiary/aromatic N) is 1. The number of carbonyl (C=O) groups excluding carboxylic acids is 1. The molecule has 0 heterocycles. The van der Waals surface area contributed by atoms with Crippen LogP contribution in [0.3, 0.4) is 0 Å². The molecule has 0 unspecified atom stereocenters. The molecular formula is C11H8ClF2NO2. The number of hydrogen-bond donors (Lipinski definition) is 0. The third kappa shape index (κ3) is 2.46. The van der Waals surface area contributed by atoms with E-state index in [2.05, 4.69) is 9.73 Å². The maximum absolute atomic E-state index is 12.0.